The SMILES string of the molecule is Cc1cccc(NC(=O)Nc2ccccc2F)c1C#N. The lowest BCUT2D eigenvalue weighted by Crippen LogP contribution is -2.20. The van der Waals surface area contributed by atoms with Gasteiger partial charge in [-0.1, -0.05) is 24.3 Å². The second-order valence-electron chi connectivity index (χ2n) is 4.17. The molecule has 5 heteroatoms. The first kappa shape index (κ1) is 13.6. The van der Waals surface area contributed by atoms with Crippen LogP contribution < -0.4 is 10.6 Å². The lowest BCUT2D eigenvalue weighted by atomic mass is 10.1. The molecule has 0 saturated carbocycles. The monoisotopic (exact) mass is 269 g/mol. The fourth-order valence-corrected chi connectivity index (χ4v) is 1.76. The predicted molar refractivity (Wildman–Crippen MR) is 74.9 cm³/mol. The number of para-hydroxylation sites is 1. The summed E-state index contributed by atoms with van der Waals surface area (Å²) in [6, 6.07) is 12.4. The van der Waals surface area contributed by atoms with Gasteiger partial charge in [-0.3, -0.25) is 0 Å². The third-order valence-electron chi connectivity index (χ3n) is 2.75. The summed E-state index contributed by atoms with van der Waals surface area (Å²) >= 11 is 0. The lowest BCUT2D eigenvalue weighted by Gasteiger charge is -2.10. The number of hydrogen-bond acceptors (Lipinski definition) is 2. The van der Waals surface area contributed by atoms with Crippen LogP contribution in [-0.2, 0) is 0 Å². The van der Waals surface area contributed by atoms with Gasteiger partial charge in [0.15, 0.2) is 0 Å². The van der Waals surface area contributed by atoms with Crippen LogP contribution in [0.1, 0.15) is 11.1 Å². The van der Waals surface area contributed by atoms with E-state index in [9.17, 15) is 9.18 Å². The van der Waals surface area contributed by atoms with Gasteiger partial charge in [0, 0.05) is 0 Å². The minimum atomic E-state index is -0.600. The Morgan fingerprint density at radius 1 is 1.10 bits per heavy atom. The van der Waals surface area contributed by atoms with Crippen molar-refractivity contribution in [3.8, 4) is 6.07 Å². The normalized spacial score (nSPS) is 9.65. The van der Waals surface area contributed by atoms with Gasteiger partial charge in [0.25, 0.3) is 0 Å². The molecule has 0 radical (unpaired) electrons. The van der Waals surface area contributed by atoms with Gasteiger partial charge in [-0.15, -0.1) is 0 Å². The Kier molecular flexibility index (Phi) is 3.96. The topological polar surface area (TPSA) is 64.9 Å². The van der Waals surface area contributed by atoms with Crippen LogP contribution in [0.4, 0.5) is 20.6 Å². The summed E-state index contributed by atoms with van der Waals surface area (Å²) in [6.45, 7) is 1.78. The molecule has 2 N–H and O–H groups in total. The van der Waals surface area contributed by atoms with Gasteiger partial charge in [0.05, 0.1) is 16.9 Å². The van der Waals surface area contributed by atoms with Gasteiger partial charge in [0.1, 0.15) is 11.9 Å². The summed E-state index contributed by atoms with van der Waals surface area (Å²) in [4.78, 5) is 11.8. The van der Waals surface area contributed by atoms with Gasteiger partial charge < -0.3 is 10.6 Å². The number of amides is 2. The molecule has 0 bridgehead atoms. The number of nitrogens with zero attached hydrogens (tertiary/aromatic N) is 1. The molecule has 0 fully saturated rings. The van der Waals surface area contributed by atoms with Crippen LogP contribution in [-0.4, -0.2) is 6.03 Å². The summed E-state index contributed by atoms with van der Waals surface area (Å²) in [6.07, 6.45) is 0. The minimum Gasteiger partial charge on any atom is -0.306 e. The first-order chi connectivity index (χ1) is 9.61. The maximum absolute atomic E-state index is 13.4. The largest absolute Gasteiger partial charge is 0.323 e. The van der Waals surface area contributed by atoms with Gasteiger partial charge in [-0.05, 0) is 30.7 Å². The number of carbonyl (C=O) groups is 1. The van der Waals surface area contributed by atoms with E-state index in [0.717, 1.165) is 5.56 Å². The number of nitrogens with one attached hydrogen (secondary N) is 2. The highest BCUT2D eigenvalue weighted by Gasteiger charge is 2.10. The van der Waals surface area contributed by atoms with Crippen molar-refractivity contribution in [2.24, 2.45) is 0 Å². The number of benzene rings is 2. The fraction of sp³-hybridized carbons (Fsp3) is 0.0667. The Bertz CT molecular complexity index is 692. The number of nitriles is 1. The van der Waals surface area contributed by atoms with E-state index in [1.807, 2.05) is 6.07 Å². The zero-order valence-corrected chi connectivity index (χ0v) is 10.8. The lowest BCUT2D eigenvalue weighted by molar-refractivity contribution is 0.262. The van der Waals surface area contributed by atoms with Gasteiger partial charge >= 0.3 is 6.03 Å². The molecule has 2 rings (SSSR count). The Hall–Kier alpha value is -2.87. The summed E-state index contributed by atoms with van der Waals surface area (Å²) < 4.78 is 13.4. The highest BCUT2D eigenvalue weighted by atomic mass is 19.1. The number of hydrogen-bond donors (Lipinski definition) is 2. The van der Waals surface area contributed by atoms with E-state index < -0.39 is 11.8 Å². The molecule has 0 atom stereocenters. The molecule has 2 amide bonds. The van der Waals surface area contributed by atoms with Gasteiger partial charge in [-0.25, -0.2) is 9.18 Å². The third-order valence-corrected chi connectivity index (χ3v) is 2.75. The van der Waals surface area contributed by atoms with Crippen LogP contribution in [0.2, 0.25) is 0 Å². The molecule has 2 aromatic carbocycles. The maximum Gasteiger partial charge on any atom is 0.323 e. The molecule has 0 unspecified atom stereocenters. The van der Waals surface area contributed by atoms with Gasteiger partial charge in [-0.2, -0.15) is 5.26 Å². The summed E-state index contributed by atoms with van der Waals surface area (Å²) in [5.74, 6) is -0.521. The van der Waals surface area contributed by atoms with Crippen LogP contribution in [0.5, 0.6) is 0 Å². The molecule has 0 heterocycles. The van der Waals surface area contributed by atoms with Crippen molar-refractivity contribution in [2.75, 3.05) is 10.6 Å². The van der Waals surface area contributed by atoms with E-state index in [-0.39, 0.29) is 5.69 Å². The highest BCUT2D eigenvalue weighted by Crippen LogP contribution is 2.19. The number of anilines is 2. The van der Waals surface area contributed by atoms with Crippen LogP contribution >= 0.6 is 0 Å². The molecule has 100 valence electrons. The number of halogens is 1. The molecule has 0 aromatic heterocycles. The van der Waals surface area contributed by atoms with E-state index in [2.05, 4.69) is 10.6 Å². The minimum absolute atomic E-state index is 0.0798. The molecule has 0 aliphatic rings. The van der Waals surface area contributed by atoms with E-state index in [1.54, 1.807) is 31.2 Å². The van der Waals surface area contributed by atoms with Crippen LogP contribution in [0.25, 0.3) is 0 Å². The smallest absolute Gasteiger partial charge is 0.306 e. The molecular weight excluding hydrogens is 257 g/mol. The number of aryl methyl sites for hydroxylation is 1. The molecule has 0 saturated heterocycles. The predicted octanol–water partition coefficient (Wildman–Crippen LogP) is 3.65. The van der Waals surface area contributed by atoms with Crippen molar-refractivity contribution in [1.82, 2.24) is 0 Å². The second kappa shape index (κ2) is 5.85. The third kappa shape index (κ3) is 2.93. The summed E-state index contributed by atoms with van der Waals surface area (Å²) in [7, 11) is 0. The molecule has 0 spiro atoms. The molecular formula is C15H12FN3O. The highest BCUT2D eigenvalue weighted by molar-refractivity contribution is 6.00. The Labute approximate surface area is 115 Å². The van der Waals surface area contributed by atoms with Crippen molar-refractivity contribution in [3.05, 3.63) is 59.4 Å². The molecule has 2 aromatic rings. The summed E-state index contributed by atoms with van der Waals surface area (Å²) in [5, 5.41) is 14.0. The number of rotatable bonds is 2. The molecule has 4 nitrogen and oxygen atoms in total. The van der Waals surface area contributed by atoms with E-state index in [1.165, 1.54) is 18.2 Å². The first-order valence-electron chi connectivity index (χ1n) is 5.94. The van der Waals surface area contributed by atoms with Crippen molar-refractivity contribution >= 4 is 17.4 Å². The van der Waals surface area contributed by atoms with Crippen LogP contribution in [0, 0.1) is 24.1 Å². The van der Waals surface area contributed by atoms with E-state index >= 15 is 0 Å². The zero-order valence-electron chi connectivity index (χ0n) is 10.8. The average molecular weight is 269 g/mol. The summed E-state index contributed by atoms with van der Waals surface area (Å²) in [5.41, 5.74) is 1.62. The maximum atomic E-state index is 13.4. The second-order valence-corrected chi connectivity index (χ2v) is 4.17. The van der Waals surface area contributed by atoms with Crippen LogP contribution in [0.15, 0.2) is 42.5 Å². The number of urea groups is 1. The molecule has 0 aliphatic carbocycles. The van der Waals surface area contributed by atoms with Crippen molar-refractivity contribution in [2.45, 2.75) is 6.92 Å². The number of carbonyl (C=O) groups excluding carboxylic acids is 1. The quantitative estimate of drug-likeness (QED) is 0.874. The van der Waals surface area contributed by atoms with E-state index in [0.29, 0.717) is 11.3 Å². The molecule has 20 heavy (non-hydrogen) atoms. The standard InChI is InChI=1S/C15H12FN3O/c1-10-5-4-8-13(11(10)9-17)18-15(20)19-14-7-3-2-6-12(14)16/h2-8H,1H3,(H2,18,19,20). The Morgan fingerprint density at radius 3 is 2.45 bits per heavy atom. The van der Waals surface area contributed by atoms with Gasteiger partial charge in [0.2, 0.25) is 0 Å². The Balaban J connectivity index is 2.16. The molecule has 0 aliphatic heterocycles. The fourth-order valence-electron chi connectivity index (χ4n) is 1.76. The van der Waals surface area contributed by atoms with Crippen LogP contribution in [0.3, 0.4) is 0 Å². The van der Waals surface area contributed by atoms with E-state index in [4.69, 9.17) is 5.26 Å². The van der Waals surface area contributed by atoms with Crippen molar-refractivity contribution in [1.29, 1.82) is 5.26 Å². The van der Waals surface area contributed by atoms with Crippen molar-refractivity contribution in [3.63, 3.8) is 0 Å². The van der Waals surface area contributed by atoms with Crippen molar-refractivity contribution < 1.29 is 9.18 Å². The first-order valence-corrected chi connectivity index (χ1v) is 5.94. The zero-order chi connectivity index (χ0) is 14.5. The Morgan fingerprint density at radius 2 is 1.75 bits per heavy atom. The average Bonchev–Trinajstić information content (AvgIpc) is 2.42.